The van der Waals surface area contributed by atoms with Crippen molar-refractivity contribution in [2.45, 2.75) is 6.42 Å². The molecule has 3 nitrogen and oxygen atoms in total. The Kier molecular flexibility index (Phi) is 1.15. The van der Waals surface area contributed by atoms with Crippen molar-refractivity contribution in [3.05, 3.63) is 23.8 Å². The van der Waals surface area contributed by atoms with Crippen molar-refractivity contribution < 1.29 is 9.18 Å². The molecule has 0 aromatic carbocycles. The minimum Gasteiger partial charge on any atom is -0.324 e. The lowest BCUT2D eigenvalue weighted by molar-refractivity contribution is -0.115. The maximum Gasteiger partial charge on any atom is 0.228 e. The van der Waals surface area contributed by atoms with Crippen LogP contribution in [0.1, 0.15) is 5.56 Å². The molecule has 1 aromatic heterocycles. The monoisotopic (exact) mass is 152 g/mol. The minimum atomic E-state index is -0.541. The van der Waals surface area contributed by atoms with E-state index in [9.17, 15) is 9.18 Å². The van der Waals surface area contributed by atoms with Crippen molar-refractivity contribution in [2.75, 3.05) is 5.32 Å². The van der Waals surface area contributed by atoms with Crippen LogP contribution in [0.2, 0.25) is 0 Å². The van der Waals surface area contributed by atoms with Crippen LogP contribution in [0.5, 0.6) is 0 Å². The van der Waals surface area contributed by atoms with E-state index in [2.05, 4.69) is 10.3 Å². The number of nitrogens with one attached hydrogen (secondary N) is 1. The second-order valence-corrected chi connectivity index (χ2v) is 2.39. The number of halogens is 1. The Morgan fingerprint density at radius 2 is 2.45 bits per heavy atom. The highest BCUT2D eigenvalue weighted by Gasteiger charge is 2.17. The van der Waals surface area contributed by atoms with E-state index in [1.54, 1.807) is 0 Å². The lowest BCUT2D eigenvalue weighted by atomic mass is 10.2. The summed E-state index contributed by atoms with van der Waals surface area (Å²) in [6, 6.07) is 1.27. The first-order valence-corrected chi connectivity index (χ1v) is 3.20. The second-order valence-electron chi connectivity index (χ2n) is 2.39. The number of aromatic nitrogens is 1. The number of nitrogens with zero attached hydrogens (tertiary/aromatic N) is 1. The van der Waals surface area contributed by atoms with Crippen LogP contribution in [-0.2, 0) is 11.2 Å². The number of hydrogen-bond donors (Lipinski definition) is 1. The topological polar surface area (TPSA) is 42.0 Å². The molecule has 11 heavy (non-hydrogen) atoms. The fraction of sp³-hybridized carbons (Fsp3) is 0.143. The van der Waals surface area contributed by atoms with E-state index < -0.39 is 5.95 Å². The summed E-state index contributed by atoms with van der Waals surface area (Å²) in [6.45, 7) is 0. The van der Waals surface area contributed by atoms with Gasteiger partial charge in [-0.2, -0.15) is 4.39 Å². The fourth-order valence-corrected chi connectivity index (χ4v) is 1.09. The molecule has 2 rings (SSSR count). The van der Waals surface area contributed by atoms with Gasteiger partial charge in [0.15, 0.2) is 0 Å². The Bertz CT molecular complexity index is 324. The average molecular weight is 152 g/mol. The molecular formula is C7H5FN2O. The Hall–Kier alpha value is -1.45. The van der Waals surface area contributed by atoms with Crippen molar-refractivity contribution in [1.29, 1.82) is 0 Å². The first-order valence-electron chi connectivity index (χ1n) is 3.20. The van der Waals surface area contributed by atoms with Crippen molar-refractivity contribution in [3.8, 4) is 0 Å². The van der Waals surface area contributed by atoms with Gasteiger partial charge >= 0.3 is 0 Å². The van der Waals surface area contributed by atoms with Gasteiger partial charge in [0.1, 0.15) is 0 Å². The third kappa shape index (κ3) is 0.960. The van der Waals surface area contributed by atoms with Crippen LogP contribution < -0.4 is 5.32 Å². The van der Waals surface area contributed by atoms with Gasteiger partial charge in [-0.05, 0) is 11.6 Å². The summed E-state index contributed by atoms with van der Waals surface area (Å²) in [6.07, 6.45) is 1.59. The second kappa shape index (κ2) is 2.02. The number of carbonyl (C=O) groups excluding carboxylic acids is 1. The van der Waals surface area contributed by atoms with Crippen molar-refractivity contribution in [3.63, 3.8) is 0 Å². The third-order valence-corrected chi connectivity index (χ3v) is 1.58. The number of hydrogen-bond acceptors (Lipinski definition) is 2. The van der Waals surface area contributed by atoms with Crippen molar-refractivity contribution in [1.82, 2.24) is 4.98 Å². The fourth-order valence-electron chi connectivity index (χ4n) is 1.09. The zero-order valence-electron chi connectivity index (χ0n) is 5.60. The van der Waals surface area contributed by atoms with Crippen LogP contribution in [0.25, 0.3) is 0 Å². The van der Waals surface area contributed by atoms with Gasteiger partial charge in [0.05, 0.1) is 18.3 Å². The molecule has 0 atom stereocenters. The Balaban J connectivity index is 2.51. The number of pyridine rings is 1. The maximum atomic E-state index is 12.4. The van der Waals surface area contributed by atoms with E-state index in [0.29, 0.717) is 11.3 Å². The number of fused-ring (bicyclic) bond motifs is 1. The highest BCUT2D eigenvalue weighted by Crippen LogP contribution is 2.21. The standard InChI is InChI=1S/C7H5FN2O/c8-6-1-4-2-7(11)10-5(4)3-9-6/h1,3H,2H2,(H,10,11). The number of anilines is 1. The number of rotatable bonds is 0. The van der Waals surface area contributed by atoms with E-state index >= 15 is 0 Å². The Morgan fingerprint density at radius 1 is 1.64 bits per heavy atom. The summed E-state index contributed by atoms with van der Waals surface area (Å²) in [5.41, 5.74) is 1.30. The first-order chi connectivity index (χ1) is 5.25. The van der Waals surface area contributed by atoms with Gasteiger partial charge in [0.2, 0.25) is 11.9 Å². The van der Waals surface area contributed by atoms with Gasteiger partial charge in [-0.1, -0.05) is 0 Å². The van der Waals surface area contributed by atoms with Crippen molar-refractivity contribution in [2.24, 2.45) is 0 Å². The molecule has 0 aliphatic carbocycles. The predicted octanol–water partition coefficient (Wildman–Crippen LogP) is 0.715. The Morgan fingerprint density at radius 3 is 3.27 bits per heavy atom. The summed E-state index contributed by atoms with van der Waals surface area (Å²) in [5.74, 6) is -0.646. The molecule has 4 heteroatoms. The highest BCUT2D eigenvalue weighted by molar-refractivity contribution is 5.98. The molecule has 1 aliphatic rings. The summed E-state index contributed by atoms with van der Waals surface area (Å²) in [4.78, 5) is 14.2. The molecule has 1 N–H and O–H groups in total. The largest absolute Gasteiger partial charge is 0.324 e. The lowest BCUT2D eigenvalue weighted by Gasteiger charge is -1.94. The van der Waals surface area contributed by atoms with Crippen LogP contribution in [-0.4, -0.2) is 10.9 Å². The van der Waals surface area contributed by atoms with E-state index in [4.69, 9.17) is 0 Å². The Labute approximate surface area is 62.3 Å². The average Bonchev–Trinajstić information content (AvgIpc) is 2.27. The SMILES string of the molecule is O=C1Cc2cc(F)ncc2N1. The highest BCUT2D eigenvalue weighted by atomic mass is 19.1. The number of amides is 1. The normalized spacial score (nSPS) is 14.5. The maximum absolute atomic E-state index is 12.4. The molecule has 2 heterocycles. The van der Waals surface area contributed by atoms with Gasteiger partial charge < -0.3 is 5.32 Å². The molecule has 1 aliphatic heterocycles. The van der Waals surface area contributed by atoms with E-state index in [1.807, 2.05) is 0 Å². The predicted molar refractivity (Wildman–Crippen MR) is 36.5 cm³/mol. The van der Waals surface area contributed by atoms with Crippen LogP contribution in [0.3, 0.4) is 0 Å². The van der Waals surface area contributed by atoms with E-state index in [1.165, 1.54) is 12.3 Å². The quantitative estimate of drug-likeness (QED) is 0.556. The lowest BCUT2D eigenvalue weighted by Crippen LogP contribution is -2.03. The van der Waals surface area contributed by atoms with Crippen LogP contribution >= 0.6 is 0 Å². The molecule has 56 valence electrons. The van der Waals surface area contributed by atoms with Crippen LogP contribution in [0.15, 0.2) is 12.3 Å². The van der Waals surface area contributed by atoms with E-state index in [-0.39, 0.29) is 12.3 Å². The molecule has 0 saturated heterocycles. The van der Waals surface area contributed by atoms with Gasteiger partial charge in [-0.15, -0.1) is 0 Å². The minimum absolute atomic E-state index is 0.104. The van der Waals surface area contributed by atoms with Crippen LogP contribution in [0.4, 0.5) is 10.1 Å². The molecule has 0 spiro atoms. The summed E-state index contributed by atoms with van der Waals surface area (Å²) < 4.78 is 12.4. The van der Waals surface area contributed by atoms with Gasteiger partial charge in [0.25, 0.3) is 0 Å². The zero-order chi connectivity index (χ0) is 7.84. The molecule has 1 amide bonds. The zero-order valence-corrected chi connectivity index (χ0v) is 5.60. The van der Waals surface area contributed by atoms with Gasteiger partial charge in [-0.25, -0.2) is 4.98 Å². The third-order valence-electron chi connectivity index (χ3n) is 1.58. The molecule has 0 radical (unpaired) electrons. The molecule has 0 fully saturated rings. The van der Waals surface area contributed by atoms with E-state index in [0.717, 1.165) is 0 Å². The molecule has 0 bridgehead atoms. The molecule has 0 unspecified atom stereocenters. The molecule has 0 saturated carbocycles. The van der Waals surface area contributed by atoms with Crippen molar-refractivity contribution >= 4 is 11.6 Å². The summed E-state index contributed by atoms with van der Waals surface area (Å²) in [7, 11) is 0. The van der Waals surface area contributed by atoms with Crippen LogP contribution in [0, 0.1) is 5.95 Å². The summed E-state index contributed by atoms with van der Waals surface area (Å²) >= 11 is 0. The molecular weight excluding hydrogens is 147 g/mol. The number of carbonyl (C=O) groups is 1. The van der Waals surface area contributed by atoms with Gasteiger partial charge in [0, 0.05) is 0 Å². The smallest absolute Gasteiger partial charge is 0.228 e. The molecule has 1 aromatic rings. The van der Waals surface area contributed by atoms with Gasteiger partial charge in [-0.3, -0.25) is 4.79 Å². The summed E-state index contributed by atoms with van der Waals surface area (Å²) in [5, 5.41) is 2.56. The first kappa shape index (κ1) is 6.27.